The van der Waals surface area contributed by atoms with Gasteiger partial charge in [0.05, 0.1) is 16.8 Å². The van der Waals surface area contributed by atoms with Gasteiger partial charge in [0, 0.05) is 95.7 Å². The van der Waals surface area contributed by atoms with Crippen LogP contribution in [0, 0.1) is 0 Å². The number of nitrogens with one attached hydrogen (secondary N) is 5. The molecule has 2 saturated carbocycles. The number of thiazole rings is 1. The van der Waals surface area contributed by atoms with Gasteiger partial charge in [0.25, 0.3) is 0 Å². The number of carbonyl (C=O) groups excluding carboxylic acids is 1. The molecule has 6 N–H and O–H groups in total. The molecule has 2 aromatic heterocycles. The monoisotopic (exact) mass is 961 g/mol. The summed E-state index contributed by atoms with van der Waals surface area (Å²) in [5, 5.41) is 28.4. The summed E-state index contributed by atoms with van der Waals surface area (Å²) < 4.78 is 10.2. The number of amides is 1. The van der Waals surface area contributed by atoms with Crippen molar-refractivity contribution in [3.05, 3.63) is 78.4 Å². The topological polar surface area (TPSA) is 168 Å². The van der Waals surface area contributed by atoms with Gasteiger partial charge in [-0.1, -0.05) is 62.8 Å². The van der Waals surface area contributed by atoms with Crippen molar-refractivity contribution in [2.75, 3.05) is 94.2 Å². The van der Waals surface area contributed by atoms with Gasteiger partial charge in [-0.3, -0.25) is 4.79 Å². The SMILES string of the molecule is CN(CCOc1nc(NC(Cc2ccc(O)cc2)C(=O)NCCC[Si]N2CCNCCNCCNCC2)nc(N(C2CCCCC2)C2CCCCC2)n1)c1ccc(-c2nc3ccccc3s2)cc1. The number of phenolic OH excluding ortho intramolecular Hbond substituents is 1. The van der Waals surface area contributed by atoms with Crippen LogP contribution in [0.3, 0.4) is 0 Å². The summed E-state index contributed by atoms with van der Waals surface area (Å²) >= 11 is 1.71. The number of fused-ring (bicyclic) bond motifs is 1. The van der Waals surface area contributed by atoms with Gasteiger partial charge in [-0.05, 0) is 92.2 Å². The van der Waals surface area contributed by atoms with E-state index < -0.39 is 6.04 Å². The van der Waals surface area contributed by atoms with E-state index in [0.717, 1.165) is 118 Å². The van der Waals surface area contributed by atoms with Crippen LogP contribution in [-0.2, 0) is 11.2 Å². The van der Waals surface area contributed by atoms with Crippen molar-refractivity contribution in [1.29, 1.82) is 0 Å². The van der Waals surface area contributed by atoms with Crippen molar-refractivity contribution in [2.24, 2.45) is 0 Å². The van der Waals surface area contributed by atoms with Crippen molar-refractivity contribution in [2.45, 2.75) is 101 Å². The standard InChI is InChI=1S/C51H72N12O3SSi/c1-61(40-21-19-39(20-22-40)48-56-44-15-8-9-16-46(44)67-48)34-35-66-51-59-49(58-50(60-51)63(41-11-4-2-5-12-41)42-13-6-3-7-14-42)57-45(37-38-17-23-43(64)24-18-38)47(65)55-25-10-36-68-62-32-30-53-28-26-52-27-29-54-31-33-62/h8-9,15-24,41-42,45,52-54,64H,2-7,10-14,25-37H2,1H3,(H,55,65)(H,57,58,59,60). The zero-order valence-corrected chi connectivity index (χ0v) is 41.7. The molecule has 1 atom stereocenters. The van der Waals surface area contributed by atoms with E-state index in [2.05, 4.69) is 90.5 Å². The highest BCUT2D eigenvalue weighted by Gasteiger charge is 2.32. The highest BCUT2D eigenvalue weighted by atomic mass is 32.1. The second-order valence-electron chi connectivity index (χ2n) is 18.4. The molecule has 15 nitrogen and oxygen atoms in total. The Morgan fingerprint density at radius 1 is 0.824 bits per heavy atom. The molecule has 0 bridgehead atoms. The van der Waals surface area contributed by atoms with Crippen LogP contribution >= 0.6 is 11.3 Å². The number of benzene rings is 3. The van der Waals surface area contributed by atoms with E-state index in [1.165, 1.54) is 43.2 Å². The number of carbonyl (C=O) groups is 1. The molecule has 1 amide bonds. The molecule has 17 heteroatoms. The van der Waals surface area contributed by atoms with Gasteiger partial charge in [0.2, 0.25) is 17.8 Å². The van der Waals surface area contributed by atoms with Crippen molar-refractivity contribution >= 4 is 54.7 Å². The predicted molar refractivity (Wildman–Crippen MR) is 277 cm³/mol. The van der Waals surface area contributed by atoms with E-state index in [4.69, 9.17) is 24.7 Å². The Balaban J connectivity index is 0.965. The second kappa shape index (κ2) is 26.2. The minimum atomic E-state index is -0.679. The van der Waals surface area contributed by atoms with E-state index in [9.17, 15) is 9.90 Å². The lowest BCUT2D eigenvalue weighted by Crippen LogP contribution is -2.46. The van der Waals surface area contributed by atoms with Crippen LogP contribution in [0.4, 0.5) is 17.6 Å². The summed E-state index contributed by atoms with van der Waals surface area (Å²) in [6.45, 7) is 9.42. The molecule has 68 heavy (non-hydrogen) atoms. The molecular formula is C51H72N12O3SSi. The summed E-state index contributed by atoms with van der Waals surface area (Å²) in [5.74, 6) is 1.02. The Bertz CT molecular complexity index is 2210. The molecular weight excluding hydrogens is 889 g/mol. The summed E-state index contributed by atoms with van der Waals surface area (Å²) in [6, 6.07) is 25.1. The number of ether oxygens (including phenoxy) is 1. The number of rotatable bonds is 19. The van der Waals surface area contributed by atoms with E-state index >= 15 is 0 Å². The molecule has 1 saturated heterocycles. The largest absolute Gasteiger partial charge is 0.508 e. The van der Waals surface area contributed by atoms with Crippen molar-refractivity contribution in [3.8, 4) is 22.3 Å². The Hall–Kier alpha value is -4.91. The van der Waals surface area contributed by atoms with Crippen LogP contribution in [0.15, 0.2) is 72.8 Å². The van der Waals surface area contributed by atoms with E-state index in [1.54, 1.807) is 23.5 Å². The number of hydrogen-bond donors (Lipinski definition) is 6. The Morgan fingerprint density at radius 3 is 2.16 bits per heavy atom. The normalized spacial score (nSPS) is 17.7. The van der Waals surface area contributed by atoms with Crippen LogP contribution in [-0.4, -0.2) is 142 Å². The summed E-state index contributed by atoms with van der Waals surface area (Å²) in [4.78, 5) is 38.9. The number of anilines is 3. The molecule has 3 aromatic carbocycles. The number of phenols is 1. The third-order valence-electron chi connectivity index (χ3n) is 13.3. The lowest BCUT2D eigenvalue weighted by molar-refractivity contribution is -0.121. The first-order valence-corrected chi connectivity index (χ1v) is 27.2. The zero-order chi connectivity index (χ0) is 46.8. The minimum absolute atomic E-state index is 0.119. The fraction of sp³-hybridized carbons (Fsp3) is 0.549. The molecule has 0 spiro atoms. The number of hydrogen-bond acceptors (Lipinski definition) is 15. The second-order valence-corrected chi connectivity index (χ2v) is 20.9. The van der Waals surface area contributed by atoms with E-state index in [0.29, 0.717) is 59.8 Å². The smallest absolute Gasteiger partial charge is 0.323 e. The van der Waals surface area contributed by atoms with Crippen LogP contribution < -0.4 is 41.1 Å². The number of nitrogens with zero attached hydrogens (tertiary/aromatic N) is 7. The molecule has 3 fully saturated rings. The zero-order valence-electron chi connectivity index (χ0n) is 39.9. The molecule has 5 aromatic rings. The van der Waals surface area contributed by atoms with Gasteiger partial charge in [-0.25, -0.2) is 4.98 Å². The third-order valence-corrected chi connectivity index (χ3v) is 15.9. The molecule has 1 aliphatic heterocycles. The average Bonchev–Trinajstić information content (AvgIpc) is 3.80. The molecule has 3 aliphatic rings. The van der Waals surface area contributed by atoms with E-state index in [1.807, 2.05) is 18.2 Å². The van der Waals surface area contributed by atoms with Crippen LogP contribution in [0.5, 0.6) is 11.8 Å². The molecule has 1 unspecified atom stereocenters. The minimum Gasteiger partial charge on any atom is -0.508 e. The van der Waals surface area contributed by atoms with Gasteiger partial charge in [0.1, 0.15) is 33.1 Å². The number of para-hydroxylation sites is 1. The first-order chi connectivity index (χ1) is 33.4. The molecule has 2 aliphatic carbocycles. The highest BCUT2D eigenvalue weighted by Crippen LogP contribution is 2.34. The van der Waals surface area contributed by atoms with Crippen LogP contribution in [0.2, 0.25) is 6.04 Å². The maximum absolute atomic E-state index is 14.2. The maximum Gasteiger partial charge on any atom is 0.323 e. The number of likely N-dealkylation sites (N-methyl/N-ethyl adjacent to an activating group) is 1. The predicted octanol–water partition coefficient (Wildman–Crippen LogP) is 6.49. The molecule has 364 valence electrons. The first kappa shape index (κ1) is 49.5. The fourth-order valence-corrected chi connectivity index (χ4v) is 11.7. The third kappa shape index (κ3) is 14.8. The molecule has 2 radical (unpaired) electrons. The fourth-order valence-electron chi connectivity index (χ4n) is 9.51. The van der Waals surface area contributed by atoms with Crippen molar-refractivity contribution in [3.63, 3.8) is 0 Å². The van der Waals surface area contributed by atoms with Gasteiger partial charge in [-0.2, -0.15) is 15.0 Å². The van der Waals surface area contributed by atoms with Gasteiger partial charge in [-0.15, -0.1) is 11.3 Å². The maximum atomic E-state index is 14.2. The van der Waals surface area contributed by atoms with Crippen LogP contribution in [0.1, 0.15) is 76.2 Å². The Labute approximate surface area is 409 Å². The lowest BCUT2D eigenvalue weighted by Gasteiger charge is -2.41. The summed E-state index contributed by atoms with van der Waals surface area (Å²) in [5.41, 5.74) is 4.11. The summed E-state index contributed by atoms with van der Waals surface area (Å²) in [6.07, 6.45) is 13.0. The van der Waals surface area contributed by atoms with Crippen molar-refractivity contribution < 1.29 is 14.6 Å². The summed E-state index contributed by atoms with van der Waals surface area (Å²) in [7, 11) is 2.76. The highest BCUT2D eigenvalue weighted by molar-refractivity contribution is 7.21. The van der Waals surface area contributed by atoms with Crippen molar-refractivity contribution in [1.82, 2.24) is 45.8 Å². The average molecular weight is 961 g/mol. The van der Waals surface area contributed by atoms with Gasteiger partial charge >= 0.3 is 6.01 Å². The van der Waals surface area contributed by atoms with Gasteiger partial charge in [0.15, 0.2) is 0 Å². The van der Waals surface area contributed by atoms with Gasteiger partial charge < -0.3 is 50.8 Å². The Kier molecular flexibility index (Phi) is 19.1. The molecule has 8 rings (SSSR count). The molecule has 3 heterocycles. The quantitative estimate of drug-likeness (QED) is 0.0393. The van der Waals surface area contributed by atoms with E-state index in [-0.39, 0.29) is 17.7 Å². The number of aromatic hydroxyl groups is 1. The first-order valence-electron chi connectivity index (χ1n) is 25.2. The number of aromatic nitrogens is 4. The lowest BCUT2D eigenvalue weighted by atomic mass is 9.89. The Morgan fingerprint density at radius 2 is 1.49 bits per heavy atom. The van der Waals surface area contributed by atoms with Crippen LogP contribution in [0.25, 0.3) is 20.8 Å².